The van der Waals surface area contributed by atoms with E-state index >= 15 is 0 Å². The number of nitrogens with one attached hydrogen (secondary N) is 1. The highest BCUT2D eigenvalue weighted by molar-refractivity contribution is 6.30. The predicted octanol–water partition coefficient (Wildman–Crippen LogP) is 4.75. The summed E-state index contributed by atoms with van der Waals surface area (Å²) >= 11 is 6.24. The Morgan fingerprint density at radius 1 is 1.00 bits per heavy atom. The van der Waals surface area contributed by atoms with Crippen LogP contribution in [0.1, 0.15) is 5.56 Å². The summed E-state index contributed by atoms with van der Waals surface area (Å²) in [6.07, 6.45) is 4.28. The SMILES string of the molecule is CN(C)[C@H](CNc1nc(-c2ccncc2)c(-c2cccc(Cl)c2)c(=O)n1C)Cc1ccccc1. The molecule has 4 aromatic rings. The molecule has 174 valence electrons. The minimum absolute atomic E-state index is 0.143. The number of hydrogen-bond acceptors (Lipinski definition) is 5. The molecule has 1 atom stereocenters. The monoisotopic (exact) mass is 473 g/mol. The Bertz CT molecular complexity index is 1310. The molecular weight excluding hydrogens is 446 g/mol. The number of rotatable bonds is 8. The van der Waals surface area contributed by atoms with Crippen LogP contribution in [0.2, 0.25) is 5.02 Å². The van der Waals surface area contributed by atoms with Gasteiger partial charge in [-0.25, -0.2) is 4.98 Å². The summed E-state index contributed by atoms with van der Waals surface area (Å²) in [5, 5.41) is 3.99. The minimum atomic E-state index is -0.143. The molecule has 4 rings (SSSR count). The van der Waals surface area contributed by atoms with Gasteiger partial charge in [-0.3, -0.25) is 14.3 Å². The first kappa shape index (κ1) is 23.7. The minimum Gasteiger partial charge on any atom is -0.354 e. The molecule has 34 heavy (non-hydrogen) atoms. The molecule has 0 saturated heterocycles. The number of hydrogen-bond donors (Lipinski definition) is 1. The summed E-state index contributed by atoms with van der Waals surface area (Å²) in [7, 11) is 5.86. The zero-order chi connectivity index (χ0) is 24.1. The van der Waals surface area contributed by atoms with Crippen LogP contribution in [0.5, 0.6) is 0 Å². The third-order valence-corrected chi connectivity index (χ3v) is 6.13. The molecule has 1 N–H and O–H groups in total. The van der Waals surface area contributed by atoms with Gasteiger partial charge in [0.05, 0.1) is 11.3 Å². The molecule has 0 aliphatic heterocycles. The maximum atomic E-state index is 13.6. The van der Waals surface area contributed by atoms with E-state index in [1.54, 1.807) is 36.1 Å². The number of benzene rings is 2. The van der Waals surface area contributed by atoms with Crippen molar-refractivity contribution in [2.24, 2.45) is 7.05 Å². The molecule has 0 aliphatic carbocycles. The molecule has 0 radical (unpaired) electrons. The lowest BCUT2D eigenvalue weighted by Gasteiger charge is -2.26. The van der Waals surface area contributed by atoms with Crippen molar-refractivity contribution >= 4 is 17.5 Å². The summed E-state index contributed by atoms with van der Waals surface area (Å²) in [5.74, 6) is 0.516. The fraction of sp³-hybridized carbons (Fsp3) is 0.222. The Balaban J connectivity index is 1.72. The molecule has 2 aromatic heterocycles. The Kier molecular flexibility index (Phi) is 7.40. The third kappa shape index (κ3) is 5.35. The second-order valence-corrected chi connectivity index (χ2v) is 8.89. The highest BCUT2D eigenvalue weighted by atomic mass is 35.5. The number of aromatic nitrogens is 3. The van der Waals surface area contributed by atoms with Gasteiger partial charge in [0.25, 0.3) is 5.56 Å². The fourth-order valence-electron chi connectivity index (χ4n) is 3.92. The average Bonchev–Trinajstić information content (AvgIpc) is 2.85. The average molecular weight is 474 g/mol. The van der Waals surface area contributed by atoms with E-state index in [9.17, 15) is 4.79 Å². The van der Waals surface area contributed by atoms with Crippen LogP contribution in [0.4, 0.5) is 5.95 Å². The van der Waals surface area contributed by atoms with Gasteiger partial charge in [0.15, 0.2) is 0 Å². The van der Waals surface area contributed by atoms with Crippen LogP contribution in [0.3, 0.4) is 0 Å². The van der Waals surface area contributed by atoms with E-state index < -0.39 is 0 Å². The van der Waals surface area contributed by atoms with Crippen molar-refractivity contribution in [3.63, 3.8) is 0 Å². The van der Waals surface area contributed by atoms with Crippen molar-refractivity contribution in [2.75, 3.05) is 26.0 Å². The van der Waals surface area contributed by atoms with Crippen LogP contribution in [0.15, 0.2) is 83.9 Å². The van der Waals surface area contributed by atoms with Crippen molar-refractivity contribution in [1.29, 1.82) is 0 Å². The third-order valence-electron chi connectivity index (χ3n) is 5.90. The van der Waals surface area contributed by atoms with E-state index in [1.807, 2.05) is 30.3 Å². The van der Waals surface area contributed by atoms with Crippen LogP contribution >= 0.6 is 11.6 Å². The van der Waals surface area contributed by atoms with Crippen LogP contribution in [-0.4, -0.2) is 46.1 Å². The summed E-state index contributed by atoms with van der Waals surface area (Å²) in [4.78, 5) is 24.8. The second kappa shape index (κ2) is 10.6. The van der Waals surface area contributed by atoms with Gasteiger partial charge in [-0.05, 0) is 55.9 Å². The molecule has 0 saturated carbocycles. The van der Waals surface area contributed by atoms with Gasteiger partial charge in [0, 0.05) is 42.6 Å². The first-order chi connectivity index (χ1) is 16.4. The molecule has 0 spiro atoms. The molecule has 0 unspecified atom stereocenters. The van der Waals surface area contributed by atoms with Gasteiger partial charge < -0.3 is 10.2 Å². The van der Waals surface area contributed by atoms with Gasteiger partial charge >= 0.3 is 0 Å². The predicted molar refractivity (Wildman–Crippen MR) is 139 cm³/mol. The standard InChI is InChI=1S/C27H28ClN5O/c1-32(2)23(16-19-8-5-4-6-9-19)18-30-27-31-25(20-12-14-29-15-13-20)24(26(34)33(27)3)21-10-7-11-22(28)17-21/h4-15,17,23H,16,18H2,1-3H3,(H,30,31)/t23-/m0/s1. The largest absolute Gasteiger partial charge is 0.354 e. The van der Waals surface area contributed by atoms with Gasteiger partial charge in [-0.2, -0.15) is 0 Å². The smallest absolute Gasteiger partial charge is 0.263 e. The highest BCUT2D eigenvalue weighted by Gasteiger charge is 2.20. The Hall–Kier alpha value is -3.48. The number of likely N-dealkylation sites (N-methyl/N-ethyl adjacent to an activating group) is 1. The maximum Gasteiger partial charge on any atom is 0.263 e. The second-order valence-electron chi connectivity index (χ2n) is 8.46. The molecule has 0 amide bonds. The van der Waals surface area contributed by atoms with Crippen molar-refractivity contribution in [3.8, 4) is 22.4 Å². The van der Waals surface area contributed by atoms with E-state index in [-0.39, 0.29) is 11.6 Å². The molecular formula is C27H28ClN5O. The van der Waals surface area contributed by atoms with Crippen LogP contribution in [-0.2, 0) is 13.5 Å². The number of nitrogens with zero attached hydrogens (tertiary/aromatic N) is 4. The fourth-order valence-corrected chi connectivity index (χ4v) is 4.11. The van der Waals surface area contributed by atoms with Gasteiger partial charge in [-0.1, -0.05) is 54.1 Å². The van der Waals surface area contributed by atoms with Crippen LogP contribution in [0, 0.1) is 0 Å². The zero-order valence-electron chi connectivity index (χ0n) is 19.6. The Morgan fingerprint density at radius 3 is 2.41 bits per heavy atom. The first-order valence-electron chi connectivity index (χ1n) is 11.2. The van der Waals surface area contributed by atoms with Crippen molar-refractivity contribution < 1.29 is 0 Å². The number of anilines is 1. The quantitative estimate of drug-likeness (QED) is 0.400. The molecule has 6 nitrogen and oxygen atoms in total. The van der Waals surface area contributed by atoms with E-state index in [2.05, 4.69) is 53.6 Å². The number of pyridine rings is 1. The van der Waals surface area contributed by atoms with Crippen molar-refractivity contribution in [2.45, 2.75) is 12.5 Å². The molecule has 0 fully saturated rings. The van der Waals surface area contributed by atoms with Crippen LogP contribution in [0.25, 0.3) is 22.4 Å². The molecule has 2 heterocycles. The van der Waals surface area contributed by atoms with Gasteiger partial charge in [-0.15, -0.1) is 0 Å². The molecule has 7 heteroatoms. The Labute approximate surface area is 204 Å². The van der Waals surface area contributed by atoms with E-state index in [4.69, 9.17) is 16.6 Å². The normalized spacial score (nSPS) is 12.0. The van der Waals surface area contributed by atoms with Gasteiger partial charge in [0.1, 0.15) is 0 Å². The molecule has 0 aliphatic rings. The van der Waals surface area contributed by atoms with Crippen molar-refractivity contribution in [3.05, 3.63) is 100 Å². The topological polar surface area (TPSA) is 63.0 Å². The van der Waals surface area contributed by atoms with Crippen LogP contribution < -0.4 is 10.9 Å². The zero-order valence-corrected chi connectivity index (χ0v) is 20.3. The summed E-state index contributed by atoms with van der Waals surface area (Å²) in [6, 6.07) is 21.6. The van der Waals surface area contributed by atoms with E-state index in [0.29, 0.717) is 28.8 Å². The molecule has 0 bridgehead atoms. The number of halogens is 1. The lowest BCUT2D eigenvalue weighted by atomic mass is 10.0. The summed E-state index contributed by atoms with van der Waals surface area (Å²) in [6.45, 7) is 0.633. The van der Waals surface area contributed by atoms with E-state index in [0.717, 1.165) is 17.5 Å². The van der Waals surface area contributed by atoms with E-state index in [1.165, 1.54) is 5.56 Å². The first-order valence-corrected chi connectivity index (χ1v) is 11.5. The summed E-state index contributed by atoms with van der Waals surface area (Å²) < 4.78 is 1.57. The maximum absolute atomic E-state index is 13.6. The summed E-state index contributed by atoms with van der Waals surface area (Å²) in [5.41, 5.74) is 3.78. The van der Waals surface area contributed by atoms with Gasteiger partial charge in [0.2, 0.25) is 5.95 Å². The van der Waals surface area contributed by atoms with Crippen molar-refractivity contribution in [1.82, 2.24) is 19.4 Å². The lowest BCUT2D eigenvalue weighted by molar-refractivity contribution is 0.303. The Morgan fingerprint density at radius 2 is 1.74 bits per heavy atom. The highest BCUT2D eigenvalue weighted by Crippen LogP contribution is 2.30. The lowest BCUT2D eigenvalue weighted by Crippen LogP contribution is -2.37. The molecule has 2 aromatic carbocycles.